The van der Waals surface area contributed by atoms with E-state index in [2.05, 4.69) is 10.6 Å². The molecule has 0 aliphatic rings. The summed E-state index contributed by atoms with van der Waals surface area (Å²) in [5, 5.41) is 14.2. The summed E-state index contributed by atoms with van der Waals surface area (Å²) in [6, 6.07) is 21.7. The number of carbonyl (C=O) groups excluding carboxylic acids is 4. The van der Waals surface area contributed by atoms with Gasteiger partial charge in [-0.2, -0.15) is 5.26 Å². The number of hydrogen-bond acceptors (Lipinski definition) is 7. The van der Waals surface area contributed by atoms with Crippen molar-refractivity contribution in [3.05, 3.63) is 89.5 Å². The molecule has 3 rings (SSSR count). The zero-order chi connectivity index (χ0) is 25.2. The molecule has 3 aromatic rings. The summed E-state index contributed by atoms with van der Waals surface area (Å²) in [7, 11) is 0. The first-order chi connectivity index (χ1) is 16.9. The lowest BCUT2D eigenvalue weighted by Gasteiger charge is -2.11. The van der Waals surface area contributed by atoms with Crippen molar-refractivity contribution in [3.8, 4) is 6.07 Å². The average Bonchev–Trinajstić information content (AvgIpc) is 2.86. The second-order valence-electron chi connectivity index (χ2n) is 7.25. The molecule has 8 nitrogen and oxygen atoms in total. The highest BCUT2D eigenvalue weighted by Gasteiger charge is 2.17. The zero-order valence-electron chi connectivity index (χ0n) is 18.7. The molecule has 0 spiro atoms. The molecule has 0 aliphatic carbocycles. The number of carbonyl (C=O) groups is 4. The number of nitrogens with zero attached hydrogens (tertiary/aromatic N) is 1. The summed E-state index contributed by atoms with van der Waals surface area (Å²) in [5.41, 5.74) is 1.83. The Balaban J connectivity index is 1.56. The van der Waals surface area contributed by atoms with E-state index < -0.39 is 18.5 Å². The molecule has 0 unspecified atom stereocenters. The molecular weight excluding hydrogens is 466 g/mol. The fraction of sp³-hybridized carbons (Fsp3) is 0.115. The minimum absolute atomic E-state index is 0.0173. The van der Waals surface area contributed by atoms with Gasteiger partial charge in [0.1, 0.15) is 0 Å². The maximum Gasteiger partial charge on any atom is 0.339 e. The predicted octanol–water partition coefficient (Wildman–Crippen LogP) is 4.29. The highest BCUT2D eigenvalue weighted by atomic mass is 32.2. The van der Waals surface area contributed by atoms with Gasteiger partial charge < -0.3 is 15.4 Å². The Morgan fingerprint density at radius 3 is 2.34 bits per heavy atom. The highest BCUT2D eigenvalue weighted by Crippen LogP contribution is 2.24. The SMILES string of the molecule is CC(=O)c1ccccc1NC(=O)COC(=O)c1ccccc1SCC(=O)Nc1cccc(C#N)c1. The van der Waals surface area contributed by atoms with Gasteiger partial charge in [0.15, 0.2) is 12.4 Å². The van der Waals surface area contributed by atoms with Gasteiger partial charge in [0.25, 0.3) is 5.91 Å². The van der Waals surface area contributed by atoms with Crippen LogP contribution in [0.2, 0.25) is 0 Å². The minimum atomic E-state index is -0.717. The van der Waals surface area contributed by atoms with Gasteiger partial charge in [0.05, 0.1) is 28.6 Å². The fourth-order valence-corrected chi connectivity index (χ4v) is 3.90. The first kappa shape index (κ1) is 25.2. The molecule has 35 heavy (non-hydrogen) atoms. The van der Waals surface area contributed by atoms with Crippen molar-refractivity contribution < 1.29 is 23.9 Å². The van der Waals surface area contributed by atoms with Crippen LogP contribution in [0.25, 0.3) is 0 Å². The van der Waals surface area contributed by atoms with E-state index in [0.29, 0.717) is 27.4 Å². The number of nitriles is 1. The first-order valence-electron chi connectivity index (χ1n) is 10.5. The number of hydrogen-bond donors (Lipinski definition) is 2. The maximum atomic E-state index is 12.6. The van der Waals surface area contributed by atoms with Crippen LogP contribution >= 0.6 is 11.8 Å². The predicted molar refractivity (Wildman–Crippen MR) is 132 cm³/mol. The normalized spacial score (nSPS) is 10.1. The Hall–Kier alpha value is -4.42. The van der Waals surface area contributed by atoms with Crippen LogP contribution in [0, 0.1) is 11.3 Å². The molecule has 2 amide bonds. The Bertz CT molecular complexity index is 1320. The van der Waals surface area contributed by atoms with Crippen LogP contribution in [-0.2, 0) is 14.3 Å². The number of rotatable bonds is 9. The van der Waals surface area contributed by atoms with Crippen LogP contribution in [0.5, 0.6) is 0 Å². The van der Waals surface area contributed by atoms with Gasteiger partial charge in [-0.05, 0) is 49.4 Å². The quantitative estimate of drug-likeness (QED) is 0.262. The lowest BCUT2D eigenvalue weighted by Crippen LogP contribution is -2.22. The van der Waals surface area contributed by atoms with Crippen molar-refractivity contribution in [2.24, 2.45) is 0 Å². The molecule has 0 aromatic heterocycles. The van der Waals surface area contributed by atoms with E-state index in [9.17, 15) is 19.2 Å². The molecule has 0 aliphatic heterocycles. The van der Waals surface area contributed by atoms with Crippen molar-refractivity contribution in [2.75, 3.05) is 23.0 Å². The lowest BCUT2D eigenvalue weighted by atomic mass is 10.1. The molecule has 0 bridgehead atoms. The van der Waals surface area contributed by atoms with Gasteiger partial charge in [-0.3, -0.25) is 14.4 Å². The third-order valence-corrected chi connectivity index (χ3v) is 5.73. The van der Waals surface area contributed by atoms with Crippen molar-refractivity contribution in [3.63, 3.8) is 0 Å². The number of anilines is 2. The third-order valence-electron chi connectivity index (χ3n) is 4.66. The minimum Gasteiger partial charge on any atom is -0.452 e. The van der Waals surface area contributed by atoms with Crippen LogP contribution in [0.15, 0.2) is 77.7 Å². The maximum absolute atomic E-state index is 12.6. The van der Waals surface area contributed by atoms with E-state index in [1.165, 1.54) is 6.92 Å². The molecule has 0 fully saturated rings. The van der Waals surface area contributed by atoms with Crippen LogP contribution in [0.3, 0.4) is 0 Å². The second kappa shape index (κ2) is 12.2. The number of benzene rings is 3. The van der Waals surface area contributed by atoms with Crippen LogP contribution in [0.1, 0.15) is 33.2 Å². The number of esters is 1. The van der Waals surface area contributed by atoms with Gasteiger partial charge in [-0.25, -0.2) is 4.79 Å². The summed E-state index contributed by atoms with van der Waals surface area (Å²) in [6.07, 6.45) is 0. The number of ketones is 1. The summed E-state index contributed by atoms with van der Waals surface area (Å²) in [5.74, 6) is -1.80. The molecule has 3 aromatic carbocycles. The Morgan fingerprint density at radius 1 is 0.886 bits per heavy atom. The molecular formula is C26H21N3O5S. The number of Topliss-reactive ketones (excluding diaryl/α,β-unsaturated/α-hetero) is 1. The fourth-order valence-electron chi connectivity index (χ4n) is 3.06. The van der Waals surface area contributed by atoms with Crippen molar-refractivity contribution in [1.29, 1.82) is 5.26 Å². The summed E-state index contributed by atoms with van der Waals surface area (Å²) < 4.78 is 5.15. The molecule has 0 heterocycles. The molecule has 0 radical (unpaired) electrons. The summed E-state index contributed by atoms with van der Waals surface area (Å²) in [4.78, 5) is 49.4. The second-order valence-corrected chi connectivity index (χ2v) is 8.27. The standard InChI is InChI=1S/C26H21N3O5S/c1-17(30)20-9-2-4-11-22(20)29-24(31)15-34-26(33)21-10-3-5-12-23(21)35-16-25(32)28-19-8-6-7-18(13-19)14-27/h2-13H,15-16H2,1H3,(H,28,32)(H,29,31). The number of thioether (sulfide) groups is 1. The van der Waals surface area contributed by atoms with Crippen molar-refractivity contribution in [2.45, 2.75) is 11.8 Å². The number of amides is 2. The van der Waals surface area contributed by atoms with E-state index in [4.69, 9.17) is 10.00 Å². The molecule has 9 heteroatoms. The monoisotopic (exact) mass is 487 g/mol. The number of nitrogens with one attached hydrogen (secondary N) is 2. The molecule has 176 valence electrons. The van der Waals surface area contributed by atoms with E-state index in [1.54, 1.807) is 72.8 Å². The summed E-state index contributed by atoms with van der Waals surface area (Å²) in [6.45, 7) is 0.850. The van der Waals surface area contributed by atoms with Crippen LogP contribution in [-0.4, -0.2) is 35.9 Å². The topological polar surface area (TPSA) is 125 Å². The zero-order valence-corrected chi connectivity index (χ0v) is 19.6. The van der Waals surface area contributed by atoms with Crippen molar-refractivity contribution >= 4 is 46.7 Å². The van der Waals surface area contributed by atoms with E-state index in [1.807, 2.05) is 6.07 Å². The summed E-state index contributed by atoms with van der Waals surface area (Å²) >= 11 is 1.14. The van der Waals surface area contributed by atoms with Crippen LogP contribution in [0.4, 0.5) is 11.4 Å². The molecule has 0 saturated carbocycles. The van der Waals surface area contributed by atoms with Gasteiger partial charge in [-0.15, -0.1) is 11.8 Å². The molecule has 0 saturated heterocycles. The van der Waals surface area contributed by atoms with Gasteiger partial charge >= 0.3 is 5.97 Å². The van der Waals surface area contributed by atoms with Crippen molar-refractivity contribution in [1.82, 2.24) is 0 Å². The largest absolute Gasteiger partial charge is 0.452 e. The highest BCUT2D eigenvalue weighted by molar-refractivity contribution is 8.00. The Morgan fingerprint density at radius 2 is 1.60 bits per heavy atom. The third kappa shape index (κ3) is 7.28. The van der Waals surface area contributed by atoms with Gasteiger partial charge in [-0.1, -0.05) is 30.3 Å². The van der Waals surface area contributed by atoms with Gasteiger partial charge in [0, 0.05) is 16.1 Å². The lowest BCUT2D eigenvalue weighted by molar-refractivity contribution is -0.119. The van der Waals surface area contributed by atoms with Crippen LogP contribution < -0.4 is 10.6 Å². The molecule has 0 atom stereocenters. The first-order valence-corrected chi connectivity index (χ1v) is 11.4. The van der Waals surface area contributed by atoms with E-state index in [-0.39, 0.29) is 23.0 Å². The number of ether oxygens (including phenoxy) is 1. The van der Waals surface area contributed by atoms with E-state index >= 15 is 0 Å². The smallest absolute Gasteiger partial charge is 0.339 e. The Kier molecular flexibility index (Phi) is 8.76. The number of para-hydroxylation sites is 1. The molecule has 2 N–H and O–H groups in total. The van der Waals surface area contributed by atoms with Gasteiger partial charge in [0.2, 0.25) is 5.91 Å². The average molecular weight is 488 g/mol. The van der Waals surface area contributed by atoms with E-state index in [0.717, 1.165) is 11.8 Å². The Labute approximate surface area is 206 Å².